The zero-order chi connectivity index (χ0) is 18.4. The summed E-state index contributed by atoms with van der Waals surface area (Å²) in [5.41, 5.74) is 4.60. The molecule has 0 atom stereocenters. The molecular formula is C18H18ClN3O3. The van der Waals surface area contributed by atoms with Gasteiger partial charge in [-0.1, -0.05) is 17.7 Å². The molecule has 2 rings (SSSR count). The number of carbonyl (C=O) groups is 2. The van der Waals surface area contributed by atoms with E-state index in [9.17, 15) is 14.7 Å². The number of carbonyl (C=O) groups excluding carboxylic acids is 2. The van der Waals surface area contributed by atoms with E-state index >= 15 is 0 Å². The first kappa shape index (κ1) is 18.5. The molecule has 2 amide bonds. The first-order valence-electron chi connectivity index (χ1n) is 7.53. The van der Waals surface area contributed by atoms with E-state index in [-0.39, 0.29) is 23.6 Å². The van der Waals surface area contributed by atoms with E-state index in [1.54, 1.807) is 37.3 Å². The van der Waals surface area contributed by atoms with Crippen molar-refractivity contribution in [2.75, 3.05) is 5.32 Å². The summed E-state index contributed by atoms with van der Waals surface area (Å²) in [4.78, 5) is 24.0. The lowest BCUT2D eigenvalue weighted by atomic mass is 10.2. The third kappa shape index (κ3) is 5.61. The molecule has 0 bridgehead atoms. The molecule has 0 unspecified atom stereocenters. The lowest BCUT2D eigenvalue weighted by Crippen LogP contribution is -2.21. The van der Waals surface area contributed by atoms with Crippen molar-refractivity contribution in [3.05, 3.63) is 58.6 Å². The van der Waals surface area contributed by atoms with Crippen LogP contribution in [0.5, 0.6) is 5.75 Å². The highest BCUT2D eigenvalue weighted by molar-refractivity contribution is 6.30. The van der Waals surface area contributed by atoms with Gasteiger partial charge in [0.15, 0.2) is 0 Å². The number of aromatic hydroxyl groups is 1. The Balaban J connectivity index is 1.92. The second-order valence-corrected chi connectivity index (χ2v) is 5.96. The first-order valence-corrected chi connectivity index (χ1v) is 7.91. The monoisotopic (exact) mass is 359 g/mol. The van der Waals surface area contributed by atoms with Crippen LogP contribution in [0.4, 0.5) is 5.69 Å². The summed E-state index contributed by atoms with van der Waals surface area (Å²) in [6.45, 7) is 3.48. The van der Waals surface area contributed by atoms with E-state index in [2.05, 4.69) is 15.8 Å². The smallest absolute Gasteiger partial charge is 0.271 e. The molecule has 0 heterocycles. The summed E-state index contributed by atoms with van der Waals surface area (Å²) in [7, 11) is 0. The van der Waals surface area contributed by atoms with Crippen molar-refractivity contribution in [1.82, 2.24) is 5.43 Å². The number of hydrogen-bond acceptors (Lipinski definition) is 4. The maximum atomic E-state index is 12.0. The number of hydrazone groups is 1. The Hall–Kier alpha value is -2.86. The third-order valence-corrected chi connectivity index (χ3v) is 3.57. The molecule has 0 spiro atoms. The summed E-state index contributed by atoms with van der Waals surface area (Å²) in [6, 6.07) is 11.1. The summed E-state index contributed by atoms with van der Waals surface area (Å²) in [5.74, 6) is -0.728. The molecule has 7 heteroatoms. The summed E-state index contributed by atoms with van der Waals surface area (Å²) < 4.78 is 0. The second-order valence-electron chi connectivity index (χ2n) is 5.52. The van der Waals surface area contributed by atoms with Crippen LogP contribution in [0.25, 0.3) is 0 Å². The van der Waals surface area contributed by atoms with Crippen LogP contribution in [0.3, 0.4) is 0 Å². The van der Waals surface area contributed by atoms with Crippen LogP contribution in [0.2, 0.25) is 5.02 Å². The number of hydrogen-bond donors (Lipinski definition) is 3. The van der Waals surface area contributed by atoms with Gasteiger partial charge in [0.2, 0.25) is 5.91 Å². The second kappa shape index (κ2) is 8.30. The SMILES string of the molecule is C/C(CC(=O)Nc1ccc(Cl)cc1C)=N/NC(=O)c1cccc(O)c1. The molecule has 0 aliphatic carbocycles. The largest absolute Gasteiger partial charge is 0.508 e. The molecule has 3 N–H and O–H groups in total. The van der Waals surface area contributed by atoms with Gasteiger partial charge in [-0.05, 0) is 55.8 Å². The highest BCUT2D eigenvalue weighted by Gasteiger charge is 2.09. The fourth-order valence-electron chi connectivity index (χ4n) is 2.09. The number of aryl methyl sites for hydroxylation is 1. The summed E-state index contributed by atoms with van der Waals surface area (Å²) in [6.07, 6.45) is 0.0301. The van der Waals surface area contributed by atoms with Gasteiger partial charge in [-0.25, -0.2) is 5.43 Å². The van der Waals surface area contributed by atoms with Crippen molar-refractivity contribution < 1.29 is 14.7 Å². The van der Waals surface area contributed by atoms with Crippen LogP contribution < -0.4 is 10.7 Å². The Morgan fingerprint density at radius 2 is 1.96 bits per heavy atom. The molecule has 0 saturated carbocycles. The first-order chi connectivity index (χ1) is 11.8. The number of rotatable bonds is 5. The highest BCUT2D eigenvalue weighted by atomic mass is 35.5. The molecule has 2 aromatic carbocycles. The number of phenols is 1. The van der Waals surface area contributed by atoms with Gasteiger partial charge in [0, 0.05) is 22.0 Å². The van der Waals surface area contributed by atoms with Crippen molar-refractivity contribution in [2.45, 2.75) is 20.3 Å². The fraction of sp³-hybridized carbons (Fsp3) is 0.167. The Bertz CT molecular complexity index is 834. The van der Waals surface area contributed by atoms with E-state index in [0.717, 1.165) is 5.56 Å². The number of amides is 2. The van der Waals surface area contributed by atoms with Gasteiger partial charge < -0.3 is 10.4 Å². The number of nitrogens with one attached hydrogen (secondary N) is 2. The molecular weight excluding hydrogens is 342 g/mol. The molecule has 130 valence electrons. The van der Waals surface area contributed by atoms with Crippen molar-refractivity contribution in [1.29, 1.82) is 0 Å². The molecule has 0 radical (unpaired) electrons. The number of phenolic OH excluding ortho intramolecular Hbond substituents is 1. The van der Waals surface area contributed by atoms with Crippen LogP contribution in [0, 0.1) is 6.92 Å². The van der Waals surface area contributed by atoms with Crippen molar-refractivity contribution >= 4 is 34.8 Å². The van der Waals surface area contributed by atoms with E-state index < -0.39 is 5.91 Å². The average molecular weight is 360 g/mol. The predicted molar refractivity (Wildman–Crippen MR) is 98.1 cm³/mol. The van der Waals surface area contributed by atoms with Gasteiger partial charge in [0.25, 0.3) is 5.91 Å². The van der Waals surface area contributed by atoms with Crippen molar-refractivity contribution in [3.8, 4) is 5.75 Å². The molecule has 0 aromatic heterocycles. The standard InChI is InChI=1S/C18H18ClN3O3/c1-11-8-14(19)6-7-16(11)20-17(24)9-12(2)21-22-18(25)13-4-3-5-15(23)10-13/h3-8,10,23H,9H2,1-2H3,(H,20,24)(H,22,25)/b21-12-. The Morgan fingerprint density at radius 1 is 1.20 bits per heavy atom. The predicted octanol–water partition coefficient (Wildman–Crippen LogP) is 3.49. The molecule has 6 nitrogen and oxygen atoms in total. The van der Waals surface area contributed by atoms with Gasteiger partial charge >= 0.3 is 0 Å². The normalized spacial score (nSPS) is 11.1. The molecule has 25 heavy (non-hydrogen) atoms. The van der Waals surface area contributed by atoms with E-state index in [1.165, 1.54) is 12.1 Å². The number of benzene rings is 2. The minimum absolute atomic E-state index is 0.00827. The molecule has 0 aliphatic rings. The Morgan fingerprint density at radius 3 is 2.64 bits per heavy atom. The van der Waals surface area contributed by atoms with Crippen molar-refractivity contribution in [3.63, 3.8) is 0 Å². The Labute approximate surface area is 150 Å². The van der Waals surface area contributed by atoms with Crippen LogP contribution in [0.15, 0.2) is 47.6 Å². The molecule has 2 aromatic rings. The lowest BCUT2D eigenvalue weighted by molar-refractivity contribution is -0.115. The van der Waals surface area contributed by atoms with Crippen LogP contribution in [-0.2, 0) is 4.79 Å². The fourth-order valence-corrected chi connectivity index (χ4v) is 2.32. The van der Waals surface area contributed by atoms with Crippen LogP contribution in [0.1, 0.15) is 29.3 Å². The molecule has 0 fully saturated rings. The van der Waals surface area contributed by atoms with E-state index in [0.29, 0.717) is 16.4 Å². The topological polar surface area (TPSA) is 90.8 Å². The maximum Gasteiger partial charge on any atom is 0.271 e. The van der Waals surface area contributed by atoms with Crippen LogP contribution in [-0.4, -0.2) is 22.6 Å². The molecule has 0 saturated heterocycles. The summed E-state index contributed by atoms with van der Waals surface area (Å²) in [5, 5.41) is 16.6. The minimum atomic E-state index is -0.468. The summed E-state index contributed by atoms with van der Waals surface area (Å²) >= 11 is 5.88. The Kier molecular flexibility index (Phi) is 6.14. The zero-order valence-corrected chi connectivity index (χ0v) is 14.6. The van der Waals surface area contributed by atoms with Gasteiger partial charge in [-0.3, -0.25) is 9.59 Å². The number of anilines is 1. The van der Waals surface area contributed by atoms with E-state index in [1.807, 2.05) is 6.92 Å². The minimum Gasteiger partial charge on any atom is -0.508 e. The highest BCUT2D eigenvalue weighted by Crippen LogP contribution is 2.19. The van der Waals surface area contributed by atoms with Gasteiger partial charge in [0.05, 0.1) is 6.42 Å². The zero-order valence-electron chi connectivity index (χ0n) is 13.8. The average Bonchev–Trinajstić information content (AvgIpc) is 2.55. The van der Waals surface area contributed by atoms with E-state index in [4.69, 9.17) is 11.6 Å². The number of nitrogens with zero attached hydrogens (tertiary/aromatic N) is 1. The van der Waals surface area contributed by atoms with Gasteiger partial charge in [-0.15, -0.1) is 0 Å². The quantitative estimate of drug-likeness (QED) is 0.563. The number of halogens is 1. The molecule has 0 aliphatic heterocycles. The van der Waals surface area contributed by atoms with Crippen molar-refractivity contribution in [2.24, 2.45) is 5.10 Å². The van der Waals surface area contributed by atoms with Gasteiger partial charge in [-0.2, -0.15) is 5.10 Å². The third-order valence-electron chi connectivity index (χ3n) is 3.34. The van der Waals surface area contributed by atoms with Crippen LogP contribution >= 0.6 is 11.6 Å². The lowest BCUT2D eigenvalue weighted by Gasteiger charge is -2.08. The maximum absolute atomic E-state index is 12.0. The van der Waals surface area contributed by atoms with Gasteiger partial charge in [0.1, 0.15) is 5.75 Å².